The first kappa shape index (κ1) is 19.2. The van der Waals surface area contributed by atoms with E-state index in [1.54, 1.807) is 4.90 Å². The molecule has 0 aromatic heterocycles. The fourth-order valence-corrected chi connectivity index (χ4v) is 4.44. The van der Waals surface area contributed by atoms with Crippen LogP contribution in [0.4, 0.5) is 0 Å². The number of benzene rings is 1. The molecular weight excluding hydrogens is 358 g/mol. The molecule has 0 unspecified atom stereocenters. The van der Waals surface area contributed by atoms with Gasteiger partial charge in [-0.1, -0.05) is 42.5 Å². The van der Waals surface area contributed by atoms with Crippen molar-refractivity contribution in [1.82, 2.24) is 4.90 Å². The van der Waals surface area contributed by atoms with Crippen LogP contribution in [0.5, 0.6) is 0 Å². The van der Waals surface area contributed by atoms with Crippen molar-refractivity contribution >= 4 is 11.9 Å². The Labute approximate surface area is 165 Å². The second kappa shape index (κ2) is 7.68. The number of esters is 1. The lowest BCUT2D eigenvalue weighted by molar-refractivity contribution is -0.155. The zero-order valence-corrected chi connectivity index (χ0v) is 16.4. The zero-order chi connectivity index (χ0) is 19.7. The number of hydrogen-bond acceptors (Lipinski definition) is 5. The van der Waals surface area contributed by atoms with Crippen LogP contribution in [-0.4, -0.2) is 54.3 Å². The molecule has 4 rings (SSSR count). The van der Waals surface area contributed by atoms with Crippen LogP contribution in [0.1, 0.15) is 25.8 Å². The maximum Gasteiger partial charge on any atom is 0.313 e. The molecule has 6 heteroatoms. The number of hydrogen-bond donors (Lipinski definition) is 0. The van der Waals surface area contributed by atoms with Crippen molar-refractivity contribution in [3.05, 3.63) is 48.0 Å². The maximum atomic E-state index is 13.1. The van der Waals surface area contributed by atoms with E-state index in [2.05, 4.69) is 0 Å². The molecule has 28 heavy (non-hydrogen) atoms. The lowest BCUT2D eigenvalue weighted by Gasteiger charge is -2.22. The highest BCUT2D eigenvalue weighted by Crippen LogP contribution is 2.52. The highest BCUT2D eigenvalue weighted by atomic mass is 16.6. The van der Waals surface area contributed by atoms with Crippen molar-refractivity contribution in [2.24, 2.45) is 11.8 Å². The van der Waals surface area contributed by atoms with Gasteiger partial charge in [0.1, 0.15) is 18.1 Å². The first-order chi connectivity index (χ1) is 13.5. The Morgan fingerprint density at radius 1 is 1.32 bits per heavy atom. The van der Waals surface area contributed by atoms with Crippen molar-refractivity contribution in [3.63, 3.8) is 0 Å². The third-order valence-corrected chi connectivity index (χ3v) is 5.70. The second-order valence-electron chi connectivity index (χ2n) is 8.03. The fourth-order valence-electron chi connectivity index (χ4n) is 4.44. The van der Waals surface area contributed by atoms with Crippen LogP contribution in [0, 0.1) is 11.8 Å². The van der Waals surface area contributed by atoms with Gasteiger partial charge in [-0.3, -0.25) is 9.59 Å². The highest BCUT2D eigenvalue weighted by Gasteiger charge is 2.67. The van der Waals surface area contributed by atoms with E-state index in [4.69, 9.17) is 14.2 Å². The van der Waals surface area contributed by atoms with Crippen LogP contribution in [-0.2, 0) is 30.4 Å². The summed E-state index contributed by atoms with van der Waals surface area (Å²) in [5, 5.41) is 0. The Hall–Kier alpha value is -2.18. The number of amides is 1. The van der Waals surface area contributed by atoms with Crippen molar-refractivity contribution in [1.29, 1.82) is 0 Å². The number of carbonyl (C=O) groups excluding carboxylic acids is 2. The molecule has 6 nitrogen and oxygen atoms in total. The van der Waals surface area contributed by atoms with Crippen LogP contribution >= 0.6 is 0 Å². The predicted octanol–water partition coefficient (Wildman–Crippen LogP) is 2.33. The molecule has 0 saturated carbocycles. The van der Waals surface area contributed by atoms with E-state index >= 15 is 0 Å². The van der Waals surface area contributed by atoms with Gasteiger partial charge >= 0.3 is 5.97 Å². The first-order valence-electron chi connectivity index (χ1n) is 9.98. The summed E-state index contributed by atoms with van der Waals surface area (Å²) >= 11 is 0. The summed E-state index contributed by atoms with van der Waals surface area (Å²) in [5.41, 5.74) is 0.242. The van der Waals surface area contributed by atoms with Crippen LogP contribution < -0.4 is 0 Å². The lowest BCUT2D eigenvalue weighted by Crippen LogP contribution is -2.40. The Morgan fingerprint density at radius 3 is 2.86 bits per heavy atom. The third kappa shape index (κ3) is 3.47. The SMILES string of the molecule is CC(C)OCCCN1C[C@@]23C=C[C@H](O2)[C@H](C(=O)OCc2ccccc2)[C@@H]3C1=O. The summed E-state index contributed by atoms with van der Waals surface area (Å²) in [6.45, 7) is 5.91. The summed E-state index contributed by atoms with van der Waals surface area (Å²) < 4.78 is 17.2. The lowest BCUT2D eigenvalue weighted by atomic mass is 9.77. The summed E-state index contributed by atoms with van der Waals surface area (Å²) in [5.74, 6) is -1.43. The molecule has 3 aliphatic rings. The van der Waals surface area contributed by atoms with E-state index in [1.807, 2.05) is 56.3 Å². The smallest absolute Gasteiger partial charge is 0.313 e. The van der Waals surface area contributed by atoms with Crippen LogP contribution in [0.3, 0.4) is 0 Å². The minimum Gasteiger partial charge on any atom is -0.460 e. The Morgan fingerprint density at radius 2 is 2.11 bits per heavy atom. The Balaban J connectivity index is 1.39. The number of nitrogens with zero attached hydrogens (tertiary/aromatic N) is 1. The molecule has 1 aromatic carbocycles. The quantitative estimate of drug-likeness (QED) is 0.390. The van der Waals surface area contributed by atoms with E-state index in [-0.39, 0.29) is 30.7 Å². The molecule has 2 fully saturated rings. The van der Waals surface area contributed by atoms with E-state index in [9.17, 15) is 9.59 Å². The first-order valence-corrected chi connectivity index (χ1v) is 9.98. The molecule has 0 N–H and O–H groups in total. The van der Waals surface area contributed by atoms with Crippen molar-refractivity contribution in [2.45, 2.75) is 44.7 Å². The monoisotopic (exact) mass is 385 g/mol. The van der Waals surface area contributed by atoms with Crippen LogP contribution in [0.25, 0.3) is 0 Å². The molecule has 2 saturated heterocycles. The Kier molecular flexibility index (Phi) is 5.25. The van der Waals surface area contributed by atoms with Gasteiger partial charge in [0.15, 0.2) is 0 Å². The molecule has 1 spiro atoms. The minimum atomic E-state index is -0.683. The molecule has 2 bridgehead atoms. The number of carbonyl (C=O) groups is 2. The average Bonchev–Trinajstić information content (AvgIpc) is 3.32. The van der Waals surface area contributed by atoms with E-state index < -0.39 is 17.4 Å². The standard InChI is InChI=1S/C22H27NO5/c1-15(2)26-12-6-11-23-14-22-10-9-17(28-22)18(19(22)20(23)24)21(25)27-13-16-7-4-3-5-8-16/h3-5,7-10,15,17-19H,6,11-14H2,1-2H3/t17-,18-,19+,22+/m0/s1. The van der Waals surface area contributed by atoms with Gasteiger partial charge in [-0.15, -0.1) is 0 Å². The molecule has 150 valence electrons. The molecule has 0 aliphatic carbocycles. The molecule has 1 amide bonds. The van der Waals surface area contributed by atoms with Crippen molar-refractivity contribution < 1.29 is 23.8 Å². The molecular formula is C22H27NO5. The van der Waals surface area contributed by atoms with Gasteiger partial charge in [0.25, 0.3) is 0 Å². The summed E-state index contributed by atoms with van der Waals surface area (Å²) in [6, 6.07) is 9.55. The molecule has 3 heterocycles. The zero-order valence-electron chi connectivity index (χ0n) is 16.4. The number of ether oxygens (including phenoxy) is 3. The van der Waals surface area contributed by atoms with E-state index in [0.717, 1.165) is 12.0 Å². The Bertz CT molecular complexity index is 761. The maximum absolute atomic E-state index is 13.1. The average molecular weight is 385 g/mol. The third-order valence-electron chi connectivity index (χ3n) is 5.70. The highest BCUT2D eigenvalue weighted by molar-refractivity contribution is 5.91. The summed E-state index contributed by atoms with van der Waals surface area (Å²) in [6.07, 6.45) is 4.44. The summed E-state index contributed by atoms with van der Waals surface area (Å²) in [7, 11) is 0. The number of likely N-dealkylation sites (tertiary alicyclic amines) is 1. The predicted molar refractivity (Wildman–Crippen MR) is 102 cm³/mol. The van der Waals surface area contributed by atoms with Gasteiger partial charge in [0.05, 0.1) is 24.7 Å². The van der Waals surface area contributed by atoms with E-state index in [1.165, 1.54) is 0 Å². The van der Waals surface area contributed by atoms with Crippen LogP contribution in [0.2, 0.25) is 0 Å². The fraction of sp³-hybridized carbons (Fsp3) is 0.545. The van der Waals surface area contributed by atoms with Gasteiger partial charge in [-0.05, 0) is 25.8 Å². The van der Waals surface area contributed by atoms with Gasteiger partial charge in [0, 0.05) is 13.2 Å². The van der Waals surface area contributed by atoms with Gasteiger partial charge in [0.2, 0.25) is 5.91 Å². The number of rotatable bonds is 8. The van der Waals surface area contributed by atoms with E-state index in [0.29, 0.717) is 19.7 Å². The van der Waals surface area contributed by atoms with Crippen LogP contribution in [0.15, 0.2) is 42.5 Å². The minimum absolute atomic E-state index is 0.0157. The molecule has 4 atom stereocenters. The van der Waals surface area contributed by atoms with Gasteiger partial charge in [-0.2, -0.15) is 0 Å². The molecule has 1 aromatic rings. The topological polar surface area (TPSA) is 65.1 Å². The summed E-state index contributed by atoms with van der Waals surface area (Å²) in [4.78, 5) is 27.7. The van der Waals surface area contributed by atoms with Gasteiger partial charge < -0.3 is 19.1 Å². The second-order valence-corrected chi connectivity index (χ2v) is 8.03. The van der Waals surface area contributed by atoms with Crippen molar-refractivity contribution in [3.8, 4) is 0 Å². The number of fused-ring (bicyclic) bond motifs is 1. The van der Waals surface area contributed by atoms with Crippen molar-refractivity contribution in [2.75, 3.05) is 19.7 Å². The largest absolute Gasteiger partial charge is 0.460 e. The molecule has 0 radical (unpaired) electrons. The normalized spacial score (nSPS) is 30.3. The van der Waals surface area contributed by atoms with Gasteiger partial charge in [-0.25, -0.2) is 0 Å². The molecule has 3 aliphatic heterocycles.